The van der Waals surface area contributed by atoms with Crippen LogP contribution < -0.4 is 4.74 Å². The van der Waals surface area contributed by atoms with E-state index >= 15 is 0 Å². The van der Waals surface area contributed by atoms with Crippen molar-refractivity contribution >= 4 is 11.9 Å². The molecule has 1 rings (SSSR count). The smallest absolute Gasteiger partial charge is 0.427 e. The molecular formula is C10H4F6O5. The average molecular weight is 318 g/mol. The Hall–Kier alpha value is -2.46. The normalized spacial score (nSPS) is 11.3. The van der Waals surface area contributed by atoms with Gasteiger partial charge in [-0.3, -0.25) is 0 Å². The number of alkyl halides is 3. The van der Waals surface area contributed by atoms with Gasteiger partial charge in [0.05, 0.1) is 0 Å². The van der Waals surface area contributed by atoms with E-state index in [1.165, 1.54) is 0 Å². The van der Waals surface area contributed by atoms with Crippen molar-refractivity contribution in [3.05, 3.63) is 28.6 Å². The van der Waals surface area contributed by atoms with E-state index in [1.54, 1.807) is 0 Å². The largest absolute Gasteiger partial charge is 0.478 e. The minimum atomic E-state index is -4.77. The van der Waals surface area contributed by atoms with Crippen molar-refractivity contribution in [1.29, 1.82) is 0 Å². The first-order valence-electron chi connectivity index (χ1n) is 4.83. The highest BCUT2D eigenvalue weighted by atomic mass is 19.3. The highest BCUT2D eigenvalue weighted by Gasteiger charge is 2.39. The second kappa shape index (κ2) is 5.50. The third-order valence-corrected chi connectivity index (χ3v) is 2.12. The fourth-order valence-electron chi connectivity index (χ4n) is 1.31. The number of benzene rings is 1. The summed E-state index contributed by atoms with van der Waals surface area (Å²) in [6, 6.07) is 0. The van der Waals surface area contributed by atoms with E-state index in [0.29, 0.717) is 0 Å². The van der Waals surface area contributed by atoms with Gasteiger partial charge in [0, 0.05) is 0 Å². The molecule has 0 aliphatic rings. The van der Waals surface area contributed by atoms with Crippen LogP contribution in [0.1, 0.15) is 20.7 Å². The van der Waals surface area contributed by atoms with Crippen LogP contribution in [0.15, 0.2) is 0 Å². The summed E-state index contributed by atoms with van der Waals surface area (Å²) in [7, 11) is 0. The first kappa shape index (κ1) is 16.6. The molecule has 0 aliphatic carbocycles. The molecule has 0 aliphatic heterocycles. The Balaban J connectivity index is 3.70. The number of carboxylic acid groups (broad SMARTS) is 2. The Morgan fingerprint density at radius 3 is 1.76 bits per heavy atom. The zero-order valence-electron chi connectivity index (χ0n) is 9.59. The van der Waals surface area contributed by atoms with Crippen molar-refractivity contribution in [2.24, 2.45) is 0 Å². The Morgan fingerprint density at radius 2 is 1.38 bits per heavy atom. The van der Waals surface area contributed by atoms with Crippen LogP contribution in [-0.4, -0.2) is 34.9 Å². The van der Waals surface area contributed by atoms with E-state index in [4.69, 9.17) is 10.2 Å². The molecule has 0 saturated carbocycles. The van der Waals surface area contributed by atoms with Gasteiger partial charge in [0.2, 0.25) is 11.6 Å². The van der Waals surface area contributed by atoms with Crippen molar-refractivity contribution in [3.8, 4) is 5.75 Å². The molecule has 2 N–H and O–H groups in total. The number of carboxylic acids is 2. The van der Waals surface area contributed by atoms with Gasteiger partial charge in [-0.15, -0.1) is 0 Å². The van der Waals surface area contributed by atoms with Crippen LogP contribution in [0.2, 0.25) is 0 Å². The lowest BCUT2D eigenvalue weighted by atomic mass is 10.0. The van der Waals surface area contributed by atoms with Crippen LogP contribution in [-0.2, 0) is 0 Å². The van der Waals surface area contributed by atoms with Crippen LogP contribution in [0, 0.1) is 17.5 Å². The minimum Gasteiger partial charge on any atom is -0.478 e. The molecule has 0 amide bonds. The van der Waals surface area contributed by atoms with Gasteiger partial charge < -0.3 is 14.9 Å². The second-order valence-electron chi connectivity index (χ2n) is 3.50. The highest BCUT2D eigenvalue weighted by Crippen LogP contribution is 2.34. The van der Waals surface area contributed by atoms with Crippen molar-refractivity contribution < 1.29 is 50.9 Å². The summed E-state index contributed by atoms with van der Waals surface area (Å²) >= 11 is 0. The van der Waals surface area contributed by atoms with Gasteiger partial charge in [-0.2, -0.15) is 13.2 Å². The summed E-state index contributed by atoms with van der Waals surface area (Å²) < 4.78 is 80.7. The Kier molecular flexibility index (Phi) is 4.35. The van der Waals surface area contributed by atoms with E-state index in [1.807, 2.05) is 0 Å². The predicted molar refractivity (Wildman–Crippen MR) is 51.8 cm³/mol. The van der Waals surface area contributed by atoms with Crippen LogP contribution in [0.3, 0.4) is 0 Å². The first-order chi connectivity index (χ1) is 9.53. The van der Waals surface area contributed by atoms with E-state index in [9.17, 15) is 35.9 Å². The standard InChI is InChI=1S/C10H4F6O5/c11-1-10(15,16)21-7-5(13)3(9(19)20)2(8(17)18)4(12)6(7)14/h1H2,(H,17,18)(H,19,20). The van der Waals surface area contributed by atoms with Crippen LogP contribution in [0.5, 0.6) is 5.75 Å². The lowest BCUT2D eigenvalue weighted by molar-refractivity contribution is -0.189. The molecule has 0 heterocycles. The quantitative estimate of drug-likeness (QED) is 0.643. The number of halogens is 6. The SMILES string of the molecule is O=C(O)c1c(F)c(F)c(OC(F)(F)CF)c(F)c1C(=O)O. The molecule has 0 spiro atoms. The van der Waals surface area contributed by atoms with Crippen LogP contribution in [0.25, 0.3) is 0 Å². The predicted octanol–water partition coefficient (Wildman–Crippen LogP) is 2.44. The fraction of sp³-hybridized carbons (Fsp3) is 0.200. The summed E-state index contributed by atoms with van der Waals surface area (Å²) in [5.41, 5.74) is -3.86. The molecule has 5 nitrogen and oxygen atoms in total. The molecule has 0 aromatic heterocycles. The number of ether oxygens (including phenoxy) is 1. The van der Waals surface area contributed by atoms with Gasteiger partial charge in [0.1, 0.15) is 11.1 Å². The molecule has 0 radical (unpaired) electrons. The van der Waals surface area contributed by atoms with Crippen molar-refractivity contribution in [3.63, 3.8) is 0 Å². The third kappa shape index (κ3) is 3.01. The summed E-state index contributed by atoms with van der Waals surface area (Å²) in [6.45, 7) is -2.55. The lowest BCUT2D eigenvalue weighted by Crippen LogP contribution is -2.29. The van der Waals surface area contributed by atoms with E-state index in [-0.39, 0.29) is 0 Å². The van der Waals surface area contributed by atoms with E-state index in [0.717, 1.165) is 0 Å². The molecule has 0 fully saturated rings. The monoisotopic (exact) mass is 318 g/mol. The van der Waals surface area contributed by atoms with Crippen molar-refractivity contribution in [1.82, 2.24) is 0 Å². The number of aromatic carboxylic acids is 2. The number of hydrogen-bond acceptors (Lipinski definition) is 3. The molecule has 1 aromatic rings. The molecule has 0 atom stereocenters. The summed E-state index contributed by atoms with van der Waals surface area (Å²) in [6.07, 6.45) is -4.77. The average Bonchev–Trinajstić information content (AvgIpc) is 2.37. The fourth-order valence-corrected chi connectivity index (χ4v) is 1.31. The molecule has 0 bridgehead atoms. The topological polar surface area (TPSA) is 83.8 Å². The van der Waals surface area contributed by atoms with Gasteiger partial charge >= 0.3 is 18.0 Å². The zero-order chi connectivity index (χ0) is 16.5. The Labute approximate surface area is 111 Å². The second-order valence-corrected chi connectivity index (χ2v) is 3.50. The molecule has 1 aromatic carbocycles. The van der Waals surface area contributed by atoms with E-state index < -0.39 is 59.0 Å². The molecule has 116 valence electrons. The first-order valence-corrected chi connectivity index (χ1v) is 4.83. The maximum Gasteiger partial charge on any atom is 0.427 e. The number of hydrogen-bond donors (Lipinski definition) is 2. The summed E-state index contributed by atoms with van der Waals surface area (Å²) in [5.74, 6) is -14.3. The highest BCUT2D eigenvalue weighted by molar-refractivity contribution is 6.02. The molecule has 0 unspecified atom stereocenters. The number of carbonyl (C=O) groups is 2. The van der Waals surface area contributed by atoms with Crippen molar-refractivity contribution in [2.45, 2.75) is 6.11 Å². The lowest BCUT2D eigenvalue weighted by Gasteiger charge is -2.17. The van der Waals surface area contributed by atoms with Gasteiger partial charge in [-0.05, 0) is 0 Å². The third-order valence-electron chi connectivity index (χ3n) is 2.12. The van der Waals surface area contributed by atoms with Crippen LogP contribution in [0.4, 0.5) is 26.3 Å². The van der Waals surface area contributed by atoms with Gasteiger partial charge in [0.15, 0.2) is 18.3 Å². The molecule has 0 saturated heterocycles. The zero-order valence-corrected chi connectivity index (χ0v) is 9.59. The van der Waals surface area contributed by atoms with Crippen LogP contribution >= 0.6 is 0 Å². The molecule has 11 heteroatoms. The minimum absolute atomic E-state index is 1.92. The summed E-state index contributed by atoms with van der Waals surface area (Å²) in [5, 5.41) is 17.1. The number of rotatable bonds is 5. The maximum absolute atomic E-state index is 13.6. The van der Waals surface area contributed by atoms with Gasteiger partial charge in [0.25, 0.3) is 0 Å². The molecule has 21 heavy (non-hydrogen) atoms. The Bertz CT molecular complexity index is 615. The van der Waals surface area contributed by atoms with Crippen molar-refractivity contribution in [2.75, 3.05) is 6.67 Å². The van der Waals surface area contributed by atoms with E-state index in [2.05, 4.69) is 4.74 Å². The Morgan fingerprint density at radius 1 is 0.952 bits per heavy atom. The van der Waals surface area contributed by atoms with Gasteiger partial charge in [-0.1, -0.05) is 0 Å². The maximum atomic E-state index is 13.6. The van der Waals surface area contributed by atoms with Gasteiger partial charge in [-0.25, -0.2) is 22.8 Å². The molecular weight excluding hydrogens is 314 g/mol. The summed E-state index contributed by atoms with van der Waals surface area (Å²) in [4.78, 5) is 21.3.